The molecule has 2 aromatic heterocycles. The number of alkyl halides is 6. The van der Waals surface area contributed by atoms with E-state index in [0.717, 1.165) is 0 Å². The van der Waals surface area contributed by atoms with Crippen molar-refractivity contribution >= 4 is 28.9 Å². The van der Waals surface area contributed by atoms with Gasteiger partial charge >= 0.3 is 24.3 Å². The van der Waals surface area contributed by atoms with Gasteiger partial charge in [0.15, 0.2) is 11.3 Å². The molecule has 2 atom stereocenters. The Balaban J connectivity index is 1.94. The van der Waals surface area contributed by atoms with Crippen molar-refractivity contribution in [3.63, 3.8) is 0 Å². The van der Waals surface area contributed by atoms with E-state index in [0.29, 0.717) is 5.82 Å². The predicted molar refractivity (Wildman–Crippen MR) is 101 cm³/mol. The third-order valence-electron chi connectivity index (χ3n) is 4.96. The van der Waals surface area contributed by atoms with Crippen LogP contribution >= 0.6 is 0 Å². The Morgan fingerprint density at radius 2 is 1.68 bits per heavy atom. The Hall–Kier alpha value is -3.20. The van der Waals surface area contributed by atoms with Crippen LogP contribution in [-0.2, 0) is 24.5 Å². The van der Waals surface area contributed by atoms with Crippen LogP contribution in [0.15, 0.2) is 0 Å². The topological polar surface area (TPSA) is 123 Å². The van der Waals surface area contributed by atoms with Gasteiger partial charge in [-0.05, 0) is 0 Å². The molecule has 0 amide bonds. The number of H-pyrrole nitrogens is 1. The van der Waals surface area contributed by atoms with E-state index in [9.17, 15) is 35.9 Å². The van der Waals surface area contributed by atoms with Crippen molar-refractivity contribution in [1.29, 1.82) is 0 Å². The standard InChI is InChI=1S/C18H20F6N6O4/c1-16(2,3)13-25-11-10(27-29-28-11)12(26-13)30-6-4-9(34-15(32)18(22,23)24)8(30)5-7-33-14(31)17(19,20)21/h8-9H,4-7H2,1-3H3,(H,25,26,27,28,29)/t8-,9-/m0/s1. The number of carbonyl (C=O) groups excluding carboxylic acids is 2. The number of hydrogen-bond donors (Lipinski definition) is 1. The minimum atomic E-state index is -5.27. The number of nitrogens with zero attached hydrogens (tertiary/aromatic N) is 5. The highest BCUT2D eigenvalue weighted by molar-refractivity contribution is 5.83. The number of rotatable bonds is 5. The fourth-order valence-electron chi connectivity index (χ4n) is 3.39. The van der Waals surface area contributed by atoms with E-state index in [1.54, 1.807) is 0 Å². The van der Waals surface area contributed by atoms with Gasteiger partial charge < -0.3 is 14.4 Å². The van der Waals surface area contributed by atoms with Crippen LogP contribution in [0.25, 0.3) is 11.2 Å². The van der Waals surface area contributed by atoms with E-state index in [-0.39, 0.29) is 36.4 Å². The first-order chi connectivity index (χ1) is 15.6. The van der Waals surface area contributed by atoms with Crippen molar-refractivity contribution in [1.82, 2.24) is 25.4 Å². The quantitative estimate of drug-likeness (QED) is 0.489. The summed E-state index contributed by atoms with van der Waals surface area (Å²) in [5, 5.41) is 10.3. The summed E-state index contributed by atoms with van der Waals surface area (Å²) < 4.78 is 84.5. The number of aromatic nitrogens is 5. The molecule has 16 heteroatoms. The van der Waals surface area contributed by atoms with Crippen molar-refractivity contribution < 1.29 is 45.4 Å². The molecule has 10 nitrogen and oxygen atoms in total. The van der Waals surface area contributed by atoms with E-state index in [1.165, 1.54) is 4.90 Å². The SMILES string of the molecule is CC(C)(C)c1nc(N2CC[C@H](OC(=O)C(F)(F)F)[C@@H]2CCOC(=O)C(F)(F)F)c2n[nH]nc2n1. The lowest BCUT2D eigenvalue weighted by Gasteiger charge is -2.29. The summed E-state index contributed by atoms with van der Waals surface area (Å²) >= 11 is 0. The number of fused-ring (bicyclic) bond motifs is 1. The van der Waals surface area contributed by atoms with Crippen LogP contribution in [0.3, 0.4) is 0 Å². The van der Waals surface area contributed by atoms with Gasteiger partial charge in [0.05, 0.1) is 12.6 Å². The highest BCUT2D eigenvalue weighted by atomic mass is 19.4. The Morgan fingerprint density at radius 3 is 2.26 bits per heavy atom. The predicted octanol–water partition coefficient (Wildman–Crippen LogP) is 2.59. The minimum absolute atomic E-state index is 0.0241. The number of anilines is 1. The molecule has 0 unspecified atom stereocenters. The van der Waals surface area contributed by atoms with Crippen LogP contribution in [0.1, 0.15) is 39.4 Å². The lowest BCUT2D eigenvalue weighted by Crippen LogP contribution is -2.41. The number of carbonyl (C=O) groups is 2. The maximum absolute atomic E-state index is 12.8. The zero-order chi connectivity index (χ0) is 25.5. The van der Waals surface area contributed by atoms with Gasteiger partial charge in [-0.3, -0.25) is 0 Å². The van der Waals surface area contributed by atoms with E-state index in [4.69, 9.17) is 0 Å². The second-order valence-corrected chi connectivity index (χ2v) is 8.53. The van der Waals surface area contributed by atoms with Crippen LogP contribution in [0.2, 0.25) is 0 Å². The fourth-order valence-corrected chi connectivity index (χ4v) is 3.39. The molecule has 0 radical (unpaired) electrons. The van der Waals surface area contributed by atoms with E-state index < -0.39 is 48.5 Å². The first-order valence-corrected chi connectivity index (χ1v) is 9.96. The molecule has 0 bridgehead atoms. The van der Waals surface area contributed by atoms with Gasteiger partial charge in [-0.25, -0.2) is 19.6 Å². The Bertz CT molecular complexity index is 1060. The van der Waals surface area contributed by atoms with Crippen LogP contribution in [0.5, 0.6) is 0 Å². The second-order valence-electron chi connectivity index (χ2n) is 8.53. The zero-order valence-electron chi connectivity index (χ0n) is 18.1. The van der Waals surface area contributed by atoms with Gasteiger partial charge in [-0.15, -0.1) is 5.10 Å². The van der Waals surface area contributed by atoms with Crippen LogP contribution in [0, 0.1) is 0 Å². The summed E-state index contributed by atoms with van der Waals surface area (Å²) in [6, 6.07) is -1.10. The van der Waals surface area contributed by atoms with E-state index in [2.05, 4.69) is 34.9 Å². The number of nitrogens with one attached hydrogen (secondary N) is 1. The van der Waals surface area contributed by atoms with Crippen molar-refractivity contribution in [3.05, 3.63) is 5.82 Å². The summed E-state index contributed by atoms with van der Waals surface area (Å²) in [5.74, 6) is -4.43. The fraction of sp³-hybridized carbons (Fsp3) is 0.667. The first-order valence-electron chi connectivity index (χ1n) is 9.96. The van der Waals surface area contributed by atoms with Crippen LogP contribution < -0.4 is 4.90 Å². The largest absolute Gasteiger partial charge is 0.490 e. The van der Waals surface area contributed by atoms with Gasteiger partial charge in [0, 0.05) is 24.8 Å². The molecule has 188 valence electrons. The minimum Gasteiger partial charge on any atom is -0.459 e. The van der Waals surface area contributed by atoms with E-state index in [1.807, 2.05) is 20.8 Å². The van der Waals surface area contributed by atoms with Gasteiger partial charge in [-0.1, -0.05) is 20.8 Å². The lowest BCUT2D eigenvalue weighted by molar-refractivity contribution is -0.205. The number of ether oxygens (including phenoxy) is 2. The number of esters is 2. The summed E-state index contributed by atoms with van der Waals surface area (Å²) in [4.78, 5) is 32.7. The third kappa shape index (κ3) is 5.47. The normalized spacial score (nSPS) is 19.5. The maximum Gasteiger partial charge on any atom is 0.490 e. The van der Waals surface area contributed by atoms with Gasteiger partial charge in [0.25, 0.3) is 0 Å². The molecule has 3 heterocycles. The van der Waals surface area contributed by atoms with Gasteiger partial charge in [0.2, 0.25) is 5.65 Å². The number of aromatic amines is 1. The monoisotopic (exact) mass is 498 g/mol. The molecule has 1 saturated heterocycles. The summed E-state index contributed by atoms with van der Waals surface area (Å²) in [6.45, 7) is 4.66. The average molecular weight is 498 g/mol. The van der Waals surface area contributed by atoms with Crippen molar-refractivity contribution in [3.8, 4) is 0 Å². The van der Waals surface area contributed by atoms with Gasteiger partial charge in [-0.2, -0.15) is 36.7 Å². The highest BCUT2D eigenvalue weighted by Crippen LogP contribution is 2.34. The molecule has 1 N–H and O–H groups in total. The molecule has 0 aromatic carbocycles. The molecule has 1 aliphatic rings. The molecule has 0 saturated carbocycles. The maximum atomic E-state index is 12.8. The lowest BCUT2D eigenvalue weighted by atomic mass is 9.95. The Kier molecular flexibility index (Phi) is 6.63. The second kappa shape index (κ2) is 8.87. The highest BCUT2D eigenvalue weighted by Gasteiger charge is 2.47. The molecule has 1 fully saturated rings. The molecule has 3 rings (SSSR count). The van der Waals surface area contributed by atoms with Crippen molar-refractivity contribution in [2.24, 2.45) is 0 Å². The van der Waals surface area contributed by atoms with Crippen molar-refractivity contribution in [2.45, 2.75) is 63.5 Å². The average Bonchev–Trinajstić information content (AvgIpc) is 3.32. The molecule has 34 heavy (non-hydrogen) atoms. The Labute approximate surface area is 188 Å². The van der Waals surface area contributed by atoms with Gasteiger partial charge in [0.1, 0.15) is 11.9 Å². The smallest absolute Gasteiger partial charge is 0.459 e. The summed E-state index contributed by atoms with van der Waals surface area (Å²) in [7, 11) is 0. The molecule has 0 spiro atoms. The molecular formula is C18H20F6N6O4. The molecule has 0 aliphatic carbocycles. The van der Waals surface area contributed by atoms with Crippen molar-refractivity contribution in [2.75, 3.05) is 18.1 Å². The Morgan fingerprint density at radius 1 is 1.03 bits per heavy atom. The molecule has 2 aromatic rings. The number of hydrogen-bond acceptors (Lipinski definition) is 9. The van der Waals surface area contributed by atoms with Crippen LogP contribution in [-0.4, -0.2) is 75.0 Å². The third-order valence-corrected chi connectivity index (χ3v) is 4.96. The van der Waals surface area contributed by atoms with Crippen LogP contribution in [0.4, 0.5) is 32.2 Å². The summed E-state index contributed by atoms with van der Waals surface area (Å²) in [5.41, 5.74) is -0.248. The number of halogens is 6. The summed E-state index contributed by atoms with van der Waals surface area (Å²) in [6.07, 6.45) is -12.3. The first kappa shape index (κ1) is 25.4. The zero-order valence-corrected chi connectivity index (χ0v) is 18.1. The molecule has 1 aliphatic heterocycles. The molecular weight excluding hydrogens is 478 g/mol. The van der Waals surface area contributed by atoms with E-state index >= 15 is 0 Å².